The van der Waals surface area contributed by atoms with Crippen molar-refractivity contribution in [3.63, 3.8) is 0 Å². The van der Waals surface area contributed by atoms with Crippen LogP contribution in [0.1, 0.15) is 58.7 Å². The molecule has 0 bridgehead atoms. The van der Waals surface area contributed by atoms with Crippen molar-refractivity contribution in [1.82, 2.24) is 29.9 Å². The van der Waals surface area contributed by atoms with Gasteiger partial charge in [0.05, 0.1) is 25.3 Å². The van der Waals surface area contributed by atoms with Gasteiger partial charge in [0.2, 0.25) is 5.91 Å². The average molecular weight is 471 g/mol. The molecule has 3 rings (SSSR count). The van der Waals surface area contributed by atoms with Crippen molar-refractivity contribution in [3.05, 3.63) is 47.0 Å². The number of hydrogen-bond acceptors (Lipinski definition) is 7. The van der Waals surface area contributed by atoms with Crippen molar-refractivity contribution in [3.8, 4) is 0 Å². The van der Waals surface area contributed by atoms with Crippen LogP contribution in [-0.2, 0) is 22.5 Å². The van der Waals surface area contributed by atoms with E-state index in [1.807, 2.05) is 23.6 Å². The molecule has 0 aliphatic carbocycles. The van der Waals surface area contributed by atoms with Gasteiger partial charge in [0.15, 0.2) is 5.82 Å². The maximum Gasteiger partial charge on any atom is 0.337 e. The van der Waals surface area contributed by atoms with Crippen LogP contribution < -0.4 is 5.32 Å². The number of rotatable bonds is 8. The first-order chi connectivity index (χ1) is 16.2. The van der Waals surface area contributed by atoms with Crippen LogP contribution in [0, 0.1) is 5.92 Å². The highest BCUT2D eigenvalue weighted by molar-refractivity contribution is 5.96. The van der Waals surface area contributed by atoms with Crippen LogP contribution >= 0.6 is 0 Å². The van der Waals surface area contributed by atoms with Crippen molar-refractivity contribution < 1.29 is 19.1 Å². The molecule has 1 aromatic heterocycles. The molecule has 0 radical (unpaired) electrons. The van der Waals surface area contributed by atoms with E-state index in [0.29, 0.717) is 49.6 Å². The predicted molar refractivity (Wildman–Crippen MR) is 126 cm³/mol. The van der Waals surface area contributed by atoms with Crippen molar-refractivity contribution in [2.75, 3.05) is 40.8 Å². The van der Waals surface area contributed by atoms with Crippen LogP contribution in [0.15, 0.2) is 24.3 Å². The Hall–Kier alpha value is -3.27. The molecule has 10 heteroatoms. The van der Waals surface area contributed by atoms with E-state index < -0.39 is 5.97 Å². The Labute approximate surface area is 200 Å². The van der Waals surface area contributed by atoms with Crippen LogP contribution in [0.5, 0.6) is 0 Å². The third-order valence-corrected chi connectivity index (χ3v) is 5.71. The molecule has 1 aromatic carbocycles. The van der Waals surface area contributed by atoms with Gasteiger partial charge in [-0.1, -0.05) is 13.8 Å². The summed E-state index contributed by atoms with van der Waals surface area (Å²) in [6.45, 7) is 6.06. The second-order valence-corrected chi connectivity index (χ2v) is 9.22. The van der Waals surface area contributed by atoms with Gasteiger partial charge in [-0.3, -0.25) is 9.59 Å². The Kier molecular flexibility index (Phi) is 8.38. The smallest absolute Gasteiger partial charge is 0.337 e. The zero-order valence-corrected chi connectivity index (χ0v) is 20.6. The number of nitrogens with one attached hydrogen (secondary N) is 1. The van der Waals surface area contributed by atoms with Gasteiger partial charge in [-0.15, -0.1) is 10.2 Å². The van der Waals surface area contributed by atoms with Crippen LogP contribution in [0.3, 0.4) is 0 Å². The fourth-order valence-electron chi connectivity index (χ4n) is 4.08. The Morgan fingerprint density at radius 2 is 1.74 bits per heavy atom. The lowest BCUT2D eigenvalue weighted by molar-refractivity contribution is -0.122. The monoisotopic (exact) mass is 470 g/mol. The van der Waals surface area contributed by atoms with Crippen LogP contribution in [0.4, 0.5) is 0 Å². The first-order valence-electron chi connectivity index (χ1n) is 11.5. The third kappa shape index (κ3) is 6.19. The summed E-state index contributed by atoms with van der Waals surface area (Å²) in [6, 6.07) is 6.23. The van der Waals surface area contributed by atoms with E-state index in [4.69, 9.17) is 4.74 Å². The first kappa shape index (κ1) is 25.4. The molecular weight excluding hydrogens is 436 g/mol. The lowest BCUT2D eigenvalue weighted by atomic mass is 10.0. The fourth-order valence-corrected chi connectivity index (χ4v) is 4.08. The summed E-state index contributed by atoms with van der Waals surface area (Å²) in [6.07, 6.45) is 1.31. The number of methoxy groups -OCH3 is 1. The molecule has 1 atom stereocenters. The molecular formula is C24H34N6O4. The van der Waals surface area contributed by atoms with Crippen LogP contribution in [-0.4, -0.2) is 83.2 Å². The SMILES string of the molecule is COC(=O)c1ccc(C(=O)N2CCc3nnc([C@H](CC(C)C)NC(=O)CN(C)C)n3CC2)cc1. The number of carbonyl (C=O) groups is 3. The lowest BCUT2D eigenvalue weighted by Gasteiger charge is -2.23. The fraction of sp³-hybridized carbons (Fsp3) is 0.542. The number of fused-ring (bicyclic) bond motifs is 1. The molecule has 2 aromatic rings. The molecule has 0 saturated carbocycles. The van der Waals surface area contributed by atoms with Crippen molar-refractivity contribution in [1.29, 1.82) is 0 Å². The Morgan fingerprint density at radius 1 is 1.06 bits per heavy atom. The van der Waals surface area contributed by atoms with Gasteiger partial charge in [0, 0.05) is 31.6 Å². The minimum atomic E-state index is -0.437. The van der Waals surface area contributed by atoms with Gasteiger partial charge in [0.1, 0.15) is 5.82 Å². The highest BCUT2D eigenvalue weighted by Crippen LogP contribution is 2.23. The van der Waals surface area contributed by atoms with E-state index in [1.165, 1.54) is 7.11 Å². The lowest BCUT2D eigenvalue weighted by Crippen LogP contribution is -2.38. The largest absolute Gasteiger partial charge is 0.465 e. The number of esters is 1. The van der Waals surface area contributed by atoms with E-state index in [-0.39, 0.29) is 17.9 Å². The molecule has 10 nitrogen and oxygen atoms in total. The average Bonchev–Trinajstić information content (AvgIpc) is 3.08. The quantitative estimate of drug-likeness (QED) is 0.583. The van der Waals surface area contributed by atoms with Crippen molar-refractivity contribution in [2.45, 2.75) is 39.3 Å². The first-order valence-corrected chi connectivity index (χ1v) is 11.5. The van der Waals surface area contributed by atoms with Gasteiger partial charge in [-0.25, -0.2) is 4.79 Å². The van der Waals surface area contributed by atoms with Gasteiger partial charge >= 0.3 is 5.97 Å². The topological polar surface area (TPSA) is 110 Å². The third-order valence-electron chi connectivity index (χ3n) is 5.71. The van der Waals surface area contributed by atoms with E-state index in [9.17, 15) is 14.4 Å². The maximum atomic E-state index is 13.1. The number of ether oxygens (including phenoxy) is 1. The molecule has 1 aliphatic rings. The normalized spacial score (nSPS) is 14.5. The Bertz CT molecular complexity index is 1010. The highest BCUT2D eigenvalue weighted by Gasteiger charge is 2.27. The summed E-state index contributed by atoms with van der Waals surface area (Å²) < 4.78 is 6.75. The molecule has 2 heterocycles. The van der Waals surface area contributed by atoms with Crippen LogP contribution in [0.25, 0.3) is 0 Å². The molecule has 34 heavy (non-hydrogen) atoms. The highest BCUT2D eigenvalue weighted by atomic mass is 16.5. The predicted octanol–water partition coefficient (Wildman–Crippen LogP) is 1.53. The Morgan fingerprint density at radius 3 is 2.35 bits per heavy atom. The second-order valence-electron chi connectivity index (χ2n) is 9.22. The molecule has 0 spiro atoms. The van der Waals surface area contributed by atoms with Crippen molar-refractivity contribution in [2.24, 2.45) is 5.92 Å². The number of hydrogen-bond donors (Lipinski definition) is 1. The molecule has 2 amide bonds. The summed E-state index contributed by atoms with van der Waals surface area (Å²) in [4.78, 5) is 40.8. The zero-order valence-electron chi connectivity index (χ0n) is 20.6. The summed E-state index contributed by atoms with van der Waals surface area (Å²) in [7, 11) is 5.04. The van der Waals surface area contributed by atoms with E-state index in [1.54, 1.807) is 29.2 Å². The number of likely N-dealkylation sites (N-methyl/N-ethyl adjacent to an activating group) is 1. The minimum Gasteiger partial charge on any atom is -0.465 e. The van der Waals surface area contributed by atoms with Gasteiger partial charge < -0.3 is 24.4 Å². The maximum absolute atomic E-state index is 13.1. The molecule has 1 N–H and O–H groups in total. The van der Waals surface area contributed by atoms with Gasteiger partial charge in [-0.2, -0.15) is 0 Å². The van der Waals surface area contributed by atoms with E-state index in [0.717, 1.165) is 18.1 Å². The summed E-state index contributed by atoms with van der Waals surface area (Å²) in [5.74, 6) is 1.29. The van der Waals surface area contributed by atoms with Gasteiger partial charge in [0.25, 0.3) is 5.91 Å². The summed E-state index contributed by atoms with van der Waals surface area (Å²) in [5, 5.41) is 11.9. The number of nitrogens with zero attached hydrogens (tertiary/aromatic N) is 5. The minimum absolute atomic E-state index is 0.0613. The number of carbonyl (C=O) groups excluding carboxylic acids is 3. The van der Waals surface area contributed by atoms with Gasteiger partial charge in [-0.05, 0) is 50.7 Å². The van der Waals surface area contributed by atoms with E-state index in [2.05, 4.69) is 29.4 Å². The molecule has 0 fully saturated rings. The zero-order chi connectivity index (χ0) is 24.8. The number of benzene rings is 1. The Balaban J connectivity index is 1.74. The molecule has 0 saturated heterocycles. The molecule has 0 unspecified atom stereocenters. The summed E-state index contributed by atoms with van der Waals surface area (Å²) >= 11 is 0. The summed E-state index contributed by atoms with van der Waals surface area (Å²) in [5.41, 5.74) is 0.914. The second kappa shape index (κ2) is 11.2. The number of aromatic nitrogens is 3. The van der Waals surface area contributed by atoms with Crippen molar-refractivity contribution >= 4 is 17.8 Å². The standard InChI is InChI=1S/C24H34N6O4/c1-16(2)14-19(25-21(31)15-28(3)4)22-27-26-20-10-11-29(12-13-30(20)22)23(32)17-6-8-18(9-7-17)24(33)34-5/h6-9,16,19H,10-15H2,1-5H3,(H,25,31)/t19-/m0/s1. The molecule has 1 aliphatic heterocycles. The van der Waals surface area contributed by atoms with Crippen LogP contribution in [0.2, 0.25) is 0 Å². The molecule has 184 valence electrons. The van der Waals surface area contributed by atoms with E-state index >= 15 is 0 Å². The number of amides is 2.